The van der Waals surface area contributed by atoms with E-state index in [2.05, 4.69) is 15.5 Å². The molecule has 0 saturated carbocycles. The topological polar surface area (TPSA) is 67.5 Å². The predicted octanol–water partition coefficient (Wildman–Crippen LogP) is 4.41. The van der Waals surface area contributed by atoms with E-state index >= 15 is 0 Å². The van der Waals surface area contributed by atoms with Crippen molar-refractivity contribution in [2.75, 3.05) is 0 Å². The van der Waals surface area contributed by atoms with Gasteiger partial charge >= 0.3 is 0 Å². The van der Waals surface area contributed by atoms with Crippen LogP contribution in [0, 0.1) is 0 Å². The summed E-state index contributed by atoms with van der Waals surface area (Å²) in [5, 5.41) is 4.73. The highest BCUT2D eigenvalue weighted by atomic mass is 35.5. The Morgan fingerprint density at radius 2 is 2.04 bits per heavy atom. The number of furan rings is 1. The van der Waals surface area contributed by atoms with Crippen LogP contribution in [-0.4, -0.2) is 17.1 Å². The molecule has 0 aliphatic heterocycles. The molecule has 7 heteroatoms. The van der Waals surface area contributed by atoms with E-state index in [4.69, 9.17) is 27.6 Å². The van der Waals surface area contributed by atoms with E-state index < -0.39 is 0 Å². The minimum atomic E-state index is -0.357. The molecule has 1 amide bonds. The molecule has 2 heterocycles. The zero-order valence-electron chi connectivity index (χ0n) is 12.2. The van der Waals surface area contributed by atoms with Crippen LogP contribution in [0.2, 0.25) is 10.0 Å². The van der Waals surface area contributed by atoms with Gasteiger partial charge in [0, 0.05) is 18.0 Å². The minimum absolute atomic E-state index is 0.357. The van der Waals surface area contributed by atoms with Crippen LogP contribution in [0.1, 0.15) is 16.1 Å². The molecular weight excluding hydrogens is 349 g/mol. The molecule has 1 aromatic carbocycles. The van der Waals surface area contributed by atoms with Crippen molar-refractivity contribution in [3.05, 3.63) is 76.2 Å². The number of hydrogen-bond acceptors (Lipinski definition) is 4. The molecule has 2 aromatic heterocycles. The van der Waals surface area contributed by atoms with Gasteiger partial charge in [-0.3, -0.25) is 9.78 Å². The van der Waals surface area contributed by atoms with Gasteiger partial charge in [0.15, 0.2) is 0 Å². The summed E-state index contributed by atoms with van der Waals surface area (Å²) in [5.41, 5.74) is 3.50. The second-order valence-electron chi connectivity index (χ2n) is 4.74. The zero-order valence-corrected chi connectivity index (χ0v) is 13.8. The van der Waals surface area contributed by atoms with Gasteiger partial charge in [0.25, 0.3) is 5.91 Å². The molecule has 5 nitrogen and oxygen atoms in total. The van der Waals surface area contributed by atoms with Crippen LogP contribution in [-0.2, 0) is 0 Å². The molecular formula is C17H11Cl2N3O2. The number of halogens is 2. The average molecular weight is 360 g/mol. The molecule has 0 aliphatic carbocycles. The van der Waals surface area contributed by atoms with Crippen molar-refractivity contribution >= 4 is 35.3 Å². The van der Waals surface area contributed by atoms with Crippen molar-refractivity contribution in [3.8, 4) is 11.3 Å². The Kier molecular flexibility index (Phi) is 4.93. The SMILES string of the molecule is O=C(N/N=C\c1ccc(-c2cccc(Cl)c2Cl)o1)c1cccnc1. The maximum Gasteiger partial charge on any atom is 0.272 e. The molecule has 0 bridgehead atoms. The third-order valence-electron chi connectivity index (χ3n) is 3.13. The van der Waals surface area contributed by atoms with Crippen LogP contribution in [0.4, 0.5) is 0 Å². The van der Waals surface area contributed by atoms with Gasteiger partial charge in [0.05, 0.1) is 21.8 Å². The number of aromatic nitrogens is 1. The van der Waals surface area contributed by atoms with Gasteiger partial charge < -0.3 is 4.42 Å². The normalized spacial score (nSPS) is 10.9. The largest absolute Gasteiger partial charge is 0.455 e. The van der Waals surface area contributed by atoms with Crippen molar-refractivity contribution < 1.29 is 9.21 Å². The molecule has 0 radical (unpaired) electrons. The fourth-order valence-corrected chi connectivity index (χ4v) is 2.37. The van der Waals surface area contributed by atoms with E-state index in [1.165, 1.54) is 12.4 Å². The molecule has 0 unspecified atom stereocenters. The maximum atomic E-state index is 11.8. The number of nitrogens with zero attached hydrogens (tertiary/aromatic N) is 2. The number of hydrogen-bond donors (Lipinski definition) is 1. The van der Waals surface area contributed by atoms with Crippen LogP contribution in [0.15, 0.2) is 64.4 Å². The monoisotopic (exact) mass is 359 g/mol. The van der Waals surface area contributed by atoms with Gasteiger partial charge in [-0.2, -0.15) is 5.10 Å². The summed E-state index contributed by atoms with van der Waals surface area (Å²) in [5.74, 6) is 0.666. The second-order valence-corrected chi connectivity index (χ2v) is 5.53. The van der Waals surface area contributed by atoms with Crippen LogP contribution < -0.4 is 5.43 Å². The van der Waals surface area contributed by atoms with Gasteiger partial charge in [-0.1, -0.05) is 29.3 Å². The molecule has 0 saturated heterocycles. The molecule has 0 atom stereocenters. The standard InChI is InChI=1S/C17H11Cl2N3O2/c18-14-5-1-4-13(16(14)19)15-7-6-12(24-15)10-21-22-17(23)11-3-2-8-20-9-11/h1-10H,(H,22,23)/b21-10-. The van der Waals surface area contributed by atoms with E-state index in [-0.39, 0.29) is 5.91 Å². The molecule has 0 aliphatic rings. The third kappa shape index (κ3) is 3.64. The number of benzene rings is 1. The van der Waals surface area contributed by atoms with Crippen molar-refractivity contribution in [3.63, 3.8) is 0 Å². The van der Waals surface area contributed by atoms with Gasteiger partial charge in [-0.05, 0) is 36.4 Å². The summed E-state index contributed by atoms with van der Waals surface area (Å²) < 4.78 is 5.64. The zero-order chi connectivity index (χ0) is 16.9. The highest BCUT2D eigenvalue weighted by Gasteiger charge is 2.10. The fraction of sp³-hybridized carbons (Fsp3) is 0. The first-order chi connectivity index (χ1) is 11.6. The molecule has 24 heavy (non-hydrogen) atoms. The Morgan fingerprint density at radius 3 is 2.83 bits per heavy atom. The molecule has 0 fully saturated rings. The van der Waals surface area contributed by atoms with Crippen LogP contribution >= 0.6 is 23.2 Å². The number of amides is 1. The van der Waals surface area contributed by atoms with Crippen molar-refractivity contribution in [1.82, 2.24) is 10.4 Å². The third-order valence-corrected chi connectivity index (χ3v) is 3.94. The lowest BCUT2D eigenvalue weighted by Gasteiger charge is -2.01. The molecule has 3 aromatic rings. The van der Waals surface area contributed by atoms with E-state index in [1.54, 1.807) is 48.7 Å². The number of pyridine rings is 1. The second kappa shape index (κ2) is 7.29. The summed E-state index contributed by atoms with van der Waals surface area (Å²) in [7, 11) is 0. The maximum absolute atomic E-state index is 11.8. The number of rotatable bonds is 4. The Labute approximate surface area is 147 Å². The Morgan fingerprint density at radius 1 is 1.17 bits per heavy atom. The Bertz CT molecular complexity index is 892. The number of hydrazone groups is 1. The van der Waals surface area contributed by atoms with Gasteiger partial charge in [-0.15, -0.1) is 0 Å². The van der Waals surface area contributed by atoms with Crippen molar-refractivity contribution in [2.24, 2.45) is 5.10 Å². The van der Waals surface area contributed by atoms with E-state index in [9.17, 15) is 4.79 Å². The number of carbonyl (C=O) groups excluding carboxylic acids is 1. The van der Waals surface area contributed by atoms with Gasteiger partial charge in [-0.25, -0.2) is 5.43 Å². The summed E-state index contributed by atoms with van der Waals surface area (Å²) in [6, 6.07) is 12.1. The predicted molar refractivity (Wildman–Crippen MR) is 93.5 cm³/mol. The summed E-state index contributed by atoms with van der Waals surface area (Å²) >= 11 is 12.2. The van der Waals surface area contributed by atoms with E-state index in [1.807, 2.05) is 0 Å². The smallest absolute Gasteiger partial charge is 0.272 e. The number of nitrogens with one attached hydrogen (secondary N) is 1. The number of carbonyl (C=O) groups is 1. The van der Waals surface area contributed by atoms with Crippen LogP contribution in [0.3, 0.4) is 0 Å². The van der Waals surface area contributed by atoms with Crippen LogP contribution in [0.25, 0.3) is 11.3 Å². The van der Waals surface area contributed by atoms with E-state index in [0.717, 1.165) is 0 Å². The Balaban J connectivity index is 1.70. The first-order valence-corrected chi connectivity index (χ1v) is 7.68. The highest BCUT2D eigenvalue weighted by Crippen LogP contribution is 2.34. The lowest BCUT2D eigenvalue weighted by Crippen LogP contribution is -2.17. The van der Waals surface area contributed by atoms with Gasteiger partial charge in [0.2, 0.25) is 0 Å². The van der Waals surface area contributed by atoms with Crippen LogP contribution in [0.5, 0.6) is 0 Å². The molecule has 120 valence electrons. The average Bonchev–Trinajstić information content (AvgIpc) is 3.06. The van der Waals surface area contributed by atoms with E-state index in [0.29, 0.717) is 32.7 Å². The Hall–Kier alpha value is -2.63. The first kappa shape index (κ1) is 16.2. The molecule has 0 spiro atoms. The lowest BCUT2D eigenvalue weighted by molar-refractivity contribution is 0.0955. The van der Waals surface area contributed by atoms with Crippen molar-refractivity contribution in [2.45, 2.75) is 0 Å². The minimum Gasteiger partial charge on any atom is -0.455 e. The fourth-order valence-electron chi connectivity index (χ4n) is 1.98. The quantitative estimate of drug-likeness (QED) is 0.554. The lowest BCUT2D eigenvalue weighted by atomic mass is 10.2. The van der Waals surface area contributed by atoms with Gasteiger partial charge in [0.1, 0.15) is 11.5 Å². The molecule has 3 rings (SSSR count). The summed E-state index contributed by atoms with van der Waals surface area (Å²) in [6.07, 6.45) is 4.44. The highest BCUT2D eigenvalue weighted by molar-refractivity contribution is 6.43. The summed E-state index contributed by atoms with van der Waals surface area (Å²) in [4.78, 5) is 15.7. The summed E-state index contributed by atoms with van der Waals surface area (Å²) in [6.45, 7) is 0. The molecule has 1 N–H and O–H groups in total. The first-order valence-electron chi connectivity index (χ1n) is 6.93. The van der Waals surface area contributed by atoms with Crippen molar-refractivity contribution in [1.29, 1.82) is 0 Å².